The van der Waals surface area contributed by atoms with Gasteiger partial charge in [0.25, 0.3) is 0 Å². The van der Waals surface area contributed by atoms with E-state index in [0.717, 1.165) is 42.6 Å². The Morgan fingerprint density at radius 3 is 2.81 bits per heavy atom. The smallest absolute Gasteiger partial charge is 0.142 e. The Morgan fingerprint density at radius 2 is 2.08 bits per heavy atom. The number of ketones is 1. The van der Waals surface area contributed by atoms with E-state index in [4.69, 9.17) is 1.37 Å². The van der Waals surface area contributed by atoms with Crippen molar-refractivity contribution < 1.29 is 6.17 Å². The highest BCUT2D eigenvalue weighted by atomic mass is 16.1. The van der Waals surface area contributed by atoms with Gasteiger partial charge in [-0.15, -0.1) is 0 Å². The van der Waals surface area contributed by atoms with Gasteiger partial charge in [-0.2, -0.15) is 5.10 Å². The average Bonchev–Trinajstić information content (AvgIpc) is 3.11. The number of aromatic nitrogens is 4. The number of hydrogen-bond donors (Lipinski definition) is 0. The van der Waals surface area contributed by atoms with E-state index in [1.807, 2.05) is 25.4 Å². The summed E-state index contributed by atoms with van der Waals surface area (Å²) in [5.41, 5.74) is 2.77. The summed E-state index contributed by atoms with van der Waals surface area (Å²) in [6.07, 6.45) is 7.35. The normalized spacial score (nSPS) is 16.8. The standard InChI is InChI=1S/C20H23N5O/c1-24-7-5-14(6-8-24)20(26)10-17-9-19-15(11-21-17)3-4-18(23-19)16-12-22-25(2)13-16/h3-4,9,11-14H,5-8,10H2,1-2H3/i9D. The third kappa shape index (κ3) is 3.51. The maximum absolute atomic E-state index is 12.7. The SMILES string of the molecule is [2H]c1c(CC(=O)C2CCN(C)CC2)ncc2ccc(-c3cnn(C)c3)nc12. The highest BCUT2D eigenvalue weighted by Gasteiger charge is 2.23. The highest BCUT2D eigenvalue weighted by Crippen LogP contribution is 2.22. The molecule has 4 rings (SSSR count). The molecule has 0 unspecified atom stereocenters. The van der Waals surface area contributed by atoms with Crippen molar-refractivity contribution in [1.29, 1.82) is 0 Å². The molecule has 0 spiro atoms. The minimum absolute atomic E-state index is 0.0767. The summed E-state index contributed by atoms with van der Waals surface area (Å²) < 4.78 is 10.3. The number of nitrogens with zero attached hydrogens (tertiary/aromatic N) is 5. The van der Waals surface area contributed by atoms with Crippen LogP contribution in [0, 0.1) is 5.92 Å². The van der Waals surface area contributed by atoms with E-state index in [-0.39, 0.29) is 24.2 Å². The molecule has 6 heteroatoms. The fourth-order valence-electron chi connectivity index (χ4n) is 3.43. The van der Waals surface area contributed by atoms with Crippen LogP contribution in [0.25, 0.3) is 22.2 Å². The van der Waals surface area contributed by atoms with Crippen LogP contribution in [0.2, 0.25) is 0 Å². The lowest BCUT2D eigenvalue weighted by atomic mass is 9.90. The van der Waals surface area contributed by atoms with E-state index < -0.39 is 0 Å². The highest BCUT2D eigenvalue weighted by molar-refractivity contribution is 5.85. The van der Waals surface area contributed by atoms with Gasteiger partial charge < -0.3 is 4.90 Å². The molecule has 0 amide bonds. The topological polar surface area (TPSA) is 63.9 Å². The van der Waals surface area contributed by atoms with Gasteiger partial charge in [-0.3, -0.25) is 14.5 Å². The van der Waals surface area contributed by atoms with Crippen LogP contribution in [0.1, 0.15) is 19.9 Å². The molecule has 1 aliphatic rings. The first-order valence-corrected chi connectivity index (χ1v) is 8.97. The third-order valence-corrected chi connectivity index (χ3v) is 5.06. The number of piperidine rings is 1. The number of carbonyl (C=O) groups is 1. The zero-order valence-corrected chi connectivity index (χ0v) is 15.1. The fourth-order valence-corrected chi connectivity index (χ4v) is 3.43. The van der Waals surface area contributed by atoms with Gasteiger partial charge in [-0.05, 0) is 51.2 Å². The first-order valence-electron chi connectivity index (χ1n) is 9.47. The summed E-state index contributed by atoms with van der Waals surface area (Å²) in [6.45, 7) is 1.90. The van der Waals surface area contributed by atoms with Crippen molar-refractivity contribution in [2.45, 2.75) is 19.3 Å². The van der Waals surface area contributed by atoms with E-state index in [1.165, 1.54) is 0 Å². The van der Waals surface area contributed by atoms with Gasteiger partial charge in [-0.25, -0.2) is 4.98 Å². The number of carbonyl (C=O) groups excluding carboxylic acids is 1. The lowest BCUT2D eigenvalue weighted by Gasteiger charge is -2.27. The number of hydrogen-bond acceptors (Lipinski definition) is 5. The van der Waals surface area contributed by atoms with Crippen LogP contribution in [0.15, 0.2) is 36.8 Å². The maximum atomic E-state index is 12.7. The molecule has 0 radical (unpaired) electrons. The Kier molecular flexibility index (Phi) is 4.18. The maximum Gasteiger partial charge on any atom is 0.142 e. The van der Waals surface area contributed by atoms with E-state index in [1.54, 1.807) is 17.1 Å². The van der Waals surface area contributed by atoms with Crippen LogP contribution in [0.3, 0.4) is 0 Å². The van der Waals surface area contributed by atoms with Crippen LogP contribution in [0.4, 0.5) is 0 Å². The summed E-state index contributed by atoms with van der Waals surface area (Å²) in [5.74, 6) is 0.264. The number of Topliss-reactive ketones (excluding diaryl/α,β-unsaturated/α-hetero) is 1. The first-order chi connectivity index (χ1) is 13.0. The lowest BCUT2D eigenvalue weighted by molar-refractivity contribution is -0.123. The fraction of sp³-hybridized carbons (Fsp3) is 0.400. The number of rotatable bonds is 4. The third-order valence-electron chi connectivity index (χ3n) is 5.06. The molecular formula is C20H23N5O. The molecule has 0 N–H and O–H groups in total. The van der Waals surface area contributed by atoms with Crippen molar-refractivity contribution >= 4 is 16.7 Å². The van der Waals surface area contributed by atoms with Crippen molar-refractivity contribution in [1.82, 2.24) is 24.6 Å². The molecule has 0 atom stereocenters. The van der Waals surface area contributed by atoms with Crippen LogP contribution >= 0.6 is 0 Å². The summed E-state index contributed by atoms with van der Waals surface area (Å²) in [6, 6.07) is 4.07. The Bertz CT molecular complexity index is 991. The molecule has 26 heavy (non-hydrogen) atoms. The molecular weight excluding hydrogens is 326 g/mol. The van der Waals surface area contributed by atoms with Crippen molar-refractivity contribution in [3.8, 4) is 11.3 Å². The Morgan fingerprint density at radius 1 is 1.27 bits per heavy atom. The monoisotopic (exact) mass is 350 g/mol. The second kappa shape index (κ2) is 6.96. The van der Waals surface area contributed by atoms with E-state index in [2.05, 4.69) is 27.0 Å². The number of aryl methyl sites for hydroxylation is 1. The molecule has 1 fully saturated rings. The van der Waals surface area contributed by atoms with Crippen molar-refractivity contribution in [3.63, 3.8) is 0 Å². The zero-order valence-electron chi connectivity index (χ0n) is 16.1. The van der Waals surface area contributed by atoms with Gasteiger partial charge in [0.1, 0.15) is 5.78 Å². The number of pyridine rings is 2. The minimum Gasteiger partial charge on any atom is -0.306 e. The Labute approximate surface area is 154 Å². The Balaban J connectivity index is 1.61. The van der Waals surface area contributed by atoms with Crippen LogP contribution < -0.4 is 0 Å². The van der Waals surface area contributed by atoms with Crippen LogP contribution in [-0.2, 0) is 18.3 Å². The van der Waals surface area contributed by atoms with Crippen molar-refractivity contribution in [3.05, 3.63) is 42.5 Å². The number of fused-ring (bicyclic) bond motifs is 1. The van der Waals surface area contributed by atoms with Gasteiger partial charge in [0.15, 0.2) is 0 Å². The summed E-state index contributed by atoms with van der Waals surface area (Å²) in [7, 11) is 3.94. The predicted octanol–water partition coefficient (Wildman–Crippen LogP) is 2.48. The lowest BCUT2D eigenvalue weighted by Crippen LogP contribution is -2.34. The quantitative estimate of drug-likeness (QED) is 0.723. The Hall–Kier alpha value is -2.60. The van der Waals surface area contributed by atoms with E-state index >= 15 is 0 Å². The van der Waals surface area contributed by atoms with Crippen LogP contribution in [0.5, 0.6) is 0 Å². The molecule has 0 saturated carbocycles. The van der Waals surface area contributed by atoms with Gasteiger partial charge in [-0.1, -0.05) is 0 Å². The van der Waals surface area contributed by atoms with Gasteiger partial charge in [0.2, 0.25) is 0 Å². The largest absolute Gasteiger partial charge is 0.306 e. The molecule has 4 heterocycles. The molecule has 1 saturated heterocycles. The van der Waals surface area contributed by atoms with Crippen LogP contribution in [-0.4, -0.2) is 50.6 Å². The molecule has 134 valence electrons. The second-order valence-corrected chi connectivity index (χ2v) is 7.09. The molecule has 0 bridgehead atoms. The molecule has 3 aromatic heterocycles. The van der Waals surface area contributed by atoms with Gasteiger partial charge in [0.05, 0.1) is 18.8 Å². The summed E-state index contributed by atoms with van der Waals surface area (Å²) in [4.78, 5) is 24.0. The van der Waals surface area contributed by atoms with E-state index in [9.17, 15) is 4.79 Å². The molecule has 1 aliphatic heterocycles. The van der Waals surface area contributed by atoms with Crippen molar-refractivity contribution in [2.75, 3.05) is 20.1 Å². The molecule has 6 nitrogen and oxygen atoms in total. The molecule has 0 aliphatic carbocycles. The van der Waals surface area contributed by atoms with Gasteiger partial charge in [0, 0.05) is 48.4 Å². The summed E-state index contributed by atoms with van der Waals surface area (Å²) >= 11 is 0. The van der Waals surface area contributed by atoms with Crippen molar-refractivity contribution in [2.24, 2.45) is 13.0 Å². The van der Waals surface area contributed by atoms with Gasteiger partial charge >= 0.3 is 0 Å². The predicted molar refractivity (Wildman–Crippen MR) is 101 cm³/mol. The number of likely N-dealkylation sites (tertiary alicyclic amines) is 1. The zero-order chi connectivity index (χ0) is 19.0. The second-order valence-electron chi connectivity index (χ2n) is 7.09. The molecule has 0 aromatic carbocycles. The minimum atomic E-state index is 0.0767. The average molecular weight is 350 g/mol. The summed E-state index contributed by atoms with van der Waals surface area (Å²) in [5, 5.41) is 4.99. The van der Waals surface area contributed by atoms with E-state index in [0.29, 0.717) is 11.2 Å². The first kappa shape index (κ1) is 15.6. The molecule has 3 aromatic rings.